The summed E-state index contributed by atoms with van der Waals surface area (Å²) in [5.41, 5.74) is -0.187. The van der Waals surface area contributed by atoms with Crippen LogP contribution in [0.5, 0.6) is 0 Å². The van der Waals surface area contributed by atoms with Crippen molar-refractivity contribution in [1.82, 2.24) is 18.9 Å². The van der Waals surface area contributed by atoms with Gasteiger partial charge in [-0.15, -0.1) is 0 Å². The number of rotatable bonds is 9. The zero-order valence-corrected chi connectivity index (χ0v) is 17.6. The molecule has 3 rings (SSSR count). The minimum Gasteiger partial charge on any atom is -0.287 e. The topological polar surface area (TPSA) is 105 Å². The molecule has 0 spiro atoms. The Labute approximate surface area is 179 Å². The second-order valence-corrected chi connectivity index (χ2v) is 7.17. The lowest BCUT2D eigenvalue weighted by Crippen LogP contribution is -2.42. The van der Waals surface area contributed by atoms with Crippen molar-refractivity contribution < 1.29 is 4.92 Å². The van der Waals surface area contributed by atoms with Gasteiger partial charge in [0.1, 0.15) is 5.69 Å². The van der Waals surface area contributed by atoms with Crippen molar-refractivity contribution in [1.29, 1.82) is 0 Å². The first-order chi connectivity index (χ1) is 15.0. The Hall–Kier alpha value is -3.75. The molecule has 0 unspecified atom stereocenters. The largest absolute Gasteiger partial charge is 0.357 e. The van der Waals surface area contributed by atoms with E-state index in [1.165, 1.54) is 10.6 Å². The Morgan fingerprint density at radius 2 is 1.71 bits per heavy atom. The quantitative estimate of drug-likeness (QED) is 0.388. The first-order valence-corrected chi connectivity index (χ1v) is 10.2. The summed E-state index contributed by atoms with van der Waals surface area (Å²) in [6, 6.07) is 9.83. The van der Waals surface area contributed by atoms with Gasteiger partial charge in [-0.1, -0.05) is 44.2 Å². The molecule has 0 fully saturated rings. The van der Waals surface area contributed by atoms with E-state index in [4.69, 9.17) is 0 Å². The second kappa shape index (κ2) is 9.84. The molecule has 0 saturated heterocycles. The maximum atomic E-state index is 12.8. The van der Waals surface area contributed by atoms with Gasteiger partial charge in [0.25, 0.3) is 0 Å². The molecule has 3 aromatic rings. The Balaban J connectivity index is 2.02. The molecule has 162 valence electrons. The molecule has 0 amide bonds. The molecule has 1 aromatic carbocycles. The summed E-state index contributed by atoms with van der Waals surface area (Å²) >= 11 is 0. The Kier molecular flexibility index (Phi) is 6.96. The van der Waals surface area contributed by atoms with E-state index in [0.29, 0.717) is 24.9 Å². The SMILES string of the molecule is CCCn1c(/C=C/c2cnn(Cc3ccccc3)c2)c([N+](=O)[O-])c(=O)n(CCC)c1=O. The van der Waals surface area contributed by atoms with Gasteiger partial charge >= 0.3 is 16.9 Å². The van der Waals surface area contributed by atoms with Crippen LogP contribution in [0.4, 0.5) is 5.69 Å². The number of benzene rings is 1. The van der Waals surface area contributed by atoms with Crippen LogP contribution in [0.3, 0.4) is 0 Å². The fraction of sp³-hybridized carbons (Fsp3) is 0.318. The third-order valence-corrected chi connectivity index (χ3v) is 4.79. The van der Waals surface area contributed by atoms with E-state index in [1.807, 2.05) is 44.2 Å². The standard InChI is InChI=1S/C22H25N5O4/c1-3-12-25-19(20(27(30)31)21(28)26(13-4-2)22(25)29)11-10-18-14-23-24(16-18)15-17-8-6-5-7-9-17/h5-11,14,16H,3-4,12-13,15H2,1-2H3/b11-10+. The number of aromatic nitrogens is 4. The lowest BCUT2D eigenvalue weighted by Gasteiger charge is -2.12. The van der Waals surface area contributed by atoms with E-state index in [1.54, 1.807) is 23.2 Å². The molecule has 0 atom stereocenters. The maximum Gasteiger partial charge on any atom is 0.357 e. The summed E-state index contributed by atoms with van der Waals surface area (Å²) in [7, 11) is 0. The first kappa shape index (κ1) is 21.9. The van der Waals surface area contributed by atoms with Gasteiger partial charge in [0.15, 0.2) is 0 Å². The third-order valence-electron chi connectivity index (χ3n) is 4.79. The molecule has 9 nitrogen and oxygen atoms in total. The lowest BCUT2D eigenvalue weighted by molar-refractivity contribution is -0.387. The normalized spacial score (nSPS) is 11.3. The van der Waals surface area contributed by atoms with E-state index in [-0.39, 0.29) is 18.8 Å². The van der Waals surface area contributed by atoms with Crippen LogP contribution in [-0.4, -0.2) is 23.8 Å². The van der Waals surface area contributed by atoms with Crippen LogP contribution in [0, 0.1) is 10.1 Å². The van der Waals surface area contributed by atoms with E-state index in [0.717, 1.165) is 10.1 Å². The van der Waals surface area contributed by atoms with E-state index in [2.05, 4.69) is 5.10 Å². The molecular formula is C22H25N5O4. The predicted octanol–water partition coefficient (Wildman–Crippen LogP) is 3.15. The smallest absolute Gasteiger partial charge is 0.287 e. The van der Waals surface area contributed by atoms with Crippen molar-refractivity contribution in [2.75, 3.05) is 0 Å². The zero-order chi connectivity index (χ0) is 22.4. The van der Waals surface area contributed by atoms with Crippen molar-refractivity contribution >= 4 is 17.8 Å². The minimum absolute atomic E-state index is 0.00464. The number of hydrogen-bond acceptors (Lipinski definition) is 5. The maximum absolute atomic E-state index is 12.8. The van der Waals surface area contributed by atoms with Gasteiger partial charge in [-0.25, -0.2) is 4.79 Å². The van der Waals surface area contributed by atoms with Crippen LogP contribution in [-0.2, 0) is 19.6 Å². The van der Waals surface area contributed by atoms with Crippen LogP contribution >= 0.6 is 0 Å². The van der Waals surface area contributed by atoms with Crippen molar-refractivity contribution in [3.63, 3.8) is 0 Å². The number of nitrogens with zero attached hydrogens (tertiary/aromatic N) is 5. The van der Waals surface area contributed by atoms with Crippen molar-refractivity contribution in [3.05, 3.63) is 90.5 Å². The zero-order valence-electron chi connectivity index (χ0n) is 17.6. The van der Waals surface area contributed by atoms with Crippen LogP contribution in [0.25, 0.3) is 12.2 Å². The Bertz CT molecular complexity index is 1200. The van der Waals surface area contributed by atoms with Gasteiger partial charge in [0.2, 0.25) is 0 Å². The highest BCUT2D eigenvalue weighted by atomic mass is 16.6. The van der Waals surface area contributed by atoms with Gasteiger partial charge in [-0.3, -0.25) is 28.7 Å². The minimum atomic E-state index is -0.872. The van der Waals surface area contributed by atoms with Gasteiger partial charge in [0, 0.05) is 24.8 Å². The number of nitro groups is 1. The molecule has 0 aliphatic carbocycles. The molecule has 2 heterocycles. The fourth-order valence-corrected chi connectivity index (χ4v) is 3.40. The second-order valence-electron chi connectivity index (χ2n) is 7.17. The predicted molar refractivity (Wildman–Crippen MR) is 119 cm³/mol. The molecule has 9 heteroatoms. The van der Waals surface area contributed by atoms with Crippen LogP contribution in [0.15, 0.2) is 52.3 Å². The number of hydrogen-bond donors (Lipinski definition) is 0. The highest BCUT2D eigenvalue weighted by Gasteiger charge is 2.25. The molecule has 0 bridgehead atoms. The Morgan fingerprint density at radius 1 is 1.03 bits per heavy atom. The summed E-state index contributed by atoms with van der Waals surface area (Å²) in [4.78, 5) is 36.5. The molecule has 2 aromatic heterocycles. The summed E-state index contributed by atoms with van der Waals surface area (Å²) in [6.45, 7) is 4.68. The van der Waals surface area contributed by atoms with Gasteiger partial charge in [-0.05, 0) is 30.6 Å². The molecule has 31 heavy (non-hydrogen) atoms. The monoisotopic (exact) mass is 423 g/mol. The van der Waals surface area contributed by atoms with E-state index in [9.17, 15) is 19.7 Å². The van der Waals surface area contributed by atoms with E-state index < -0.39 is 21.9 Å². The van der Waals surface area contributed by atoms with Crippen molar-refractivity contribution in [3.8, 4) is 0 Å². The molecule has 0 aliphatic rings. The molecule has 0 aliphatic heterocycles. The van der Waals surface area contributed by atoms with Gasteiger partial charge < -0.3 is 0 Å². The average Bonchev–Trinajstić information content (AvgIpc) is 3.19. The van der Waals surface area contributed by atoms with Crippen LogP contribution in [0.1, 0.15) is 43.5 Å². The van der Waals surface area contributed by atoms with E-state index >= 15 is 0 Å². The Morgan fingerprint density at radius 3 is 2.35 bits per heavy atom. The van der Waals surface area contributed by atoms with Crippen molar-refractivity contribution in [2.24, 2.45) is 0 Å². The van der Waals surface area contributed by atoms with Crippen LogP contribution < -0.4 is 11.2 Å². The van der Waals surface area contributed by atoms with Gasteiger partial charge in [0.05, 0.1) is 17.7 Å². The summed E-state index contributed by atoms with van der Waals surface area (Å²) in [5.74, 6) is 0. The van der Waals surface area contributed by atoms with Crippen LogP contribution in [0.2, 0.25) is 0 Å². The molecular weight excluding hydrogens is 398 g/mol. The fourth-order valence-electron chi connectivity index (χ4n) is 3.40. The lowest BCUT2D eigenvalue weighted by atomic mass is 10.2. The third kappa shape index (κ3) is 4.88. The molecule has 0 N–H and O–H groups in total. The average molecular weight is 423 g/mol. The summed E-state index contributed by atoms with van der Waals surface area (Å²) < 4.78 is 4.00. The molecule has 0 saturated carbocycles. The highest BCUT2D eigenvalue weighted by Crippen LogP contribution is 2.16. The van der Waals surface area contributed by atoms with Gasteiger partial charge in [-0.2, -0.15) is 5.10 Å². The highest BCUT2D eigenvalue weighted by molar-refractivity contribution is 5.71. The van der Waals surface area contributed by atoms with Crippen molar-refractivity contribution in [2.45, 2.75) is 46.3 Å². The summed E-state index contributed by atoms with van der Waals surface area (Å²) in [6.07, 6.45) is 7.63. The first-order valence-electron chi connectivity index (χ1n) is 10.2. The summed E-state index contributed by atoms with van der Waals surface area (Å²) in [5, 5.41) is 16.0. The molecule has 0 radical (unpaired) electrons.